The molecule has 1 atom stereocenters. The third-order valence-corrected chi connectivity index (χ3v) is 3.26. The van der Waals surface area contributed by atoms with Crippen LogP contribution in [0.15, 0.2) is 0 Å². The Labute approximate surface area is 90.8 Å². The normalized spacial score (nSPS) is 27.5. The van der Waals surface area contributed by atoms with Crippen molar-refractivity contribution in [3.05, 3.63) is 0 Å². The summed E-state index contributed by atoms with van der Waals surface area (Å²) in [5, 5.41) is 6.24. The van der Waals surface area contributed by atoms with Crippen LogP contribution in [0, 0.1) is 5.92 Å². The molecular formula is C11H20N2O2. The van der Waals surface area contributed by atoms with Gasteiger partial charge >= 0.3 is 0 Å². The van der Waals surface area contributed by atoms with Crippen molar-refractivity contribution < 1.29 is 9.53 Å². The highest BCUT2D eigenvalue weighted by Gasteiger charge is 2.40. The largest absolute Gasteiger partial charge is 0.366 e. The molecule has 0 aromatic carbocycles. The summed E-state index contributed by atoms with van der Waals surface area (Å²) in [6, 6.07) is 0. The van der Waals surface area contributed by atoms with Crippen molar-refractivity contribution in [2.75, 3.05) is 19.7 Å². The van der Waals surface area contributed by atoms with Gasteiger partial charge in [-0.3, -0.25) is 4.79 Å². The summed E-state index contributed by atoms with van der Waals surface area (Å²) in [5.41, 5.74) is -0.0715. The number of carbonyl (C=O) groups excluding carboxylic acids is 1. The predicted molar refractivity (Wildman–Crippen MR) is 57.6 cm³/mol. The van der Waals surface area contributed by atoms with Gasteiger partial charge in [-0.1, -0.05) is 0 Å². The zero-order chi connectivity index (χ0) is 10.9. The molecule has 0 radical (unpaired) electrons. The molecular weight excluding hydrogens is 192 g/mol. The van der Waals surface area contributed by atoms with Gasteiger partial charge in [-0.05, 0) is 32.6 Å². The van der Waals surface area contributed by atoms with Gasteiger partial charge < -0.3 is 15.4 Å². The van der Waals surface area contributed by atoms with Crippen molar-refractivity contribution in [2.45, 2.75) is 38.3 Å². The first kappa shape index (κ1) is 10.9. The van der Waals surface area contributed by atoms with E-state index in [0.717, 1.165) is 6.54 Å². The fraction of sp³-hybridized carbons (Fsp3) is 0.909. The topological polar surface area (TPSA) is 50.4 Å². The number of ether oxygens (including phenoxy) is 1. The summed E-state index contributed by atoms with van der Waals surface area (Å²) in [7, 11) is 0. The van der Waals surface area contributed by atoms with Crippen LogP contribution in [-0.2, 0) is 9.53 Å². The Balaban J connectivity index is 1.84. The van der Waals surface area contributed by atoms with Gasteiger partial charge in [-0.15, -0.1) is 0 Å². The van der Waals surface area contributed by atoms with Crippen LogP contribution in [-0.4, -0.2) is 37.2 Å². The number of rotatable bonds is 3. The summed E-state index contributed by atoms with van der Waals surface area (Å²) in [6.45, 7) is 6.29. The van der Waals surface area contributed by atoms with Crippen LogP contribution in [0.3, 0.4) is 0 Å². The lowest BCUT2D eigenvalue weighted by Gasteiger charge is -2.30. The molecule has 1 amide bonds. The maximum absolute atomic E-state index is 11.9. The monoisotopic (exact) mass is 212 g/mol. The van der Waals surface area contributed by atoms with E-state index >= 15 is 0 Å². The minimum atomic E-state index is -0.309. The lowest BCUT2D eigenvalue weighted by atomic mass is 9.98. The van der Waals surface area contributed by atoms with Crippen molar-refractivity contribution in [1.29, 1.82) is 0 Å². The van der Waals surface area contributed by atoms with Gasteiger partial charge in [0.25, 0.3) is 5.91 Å². The van der Waals surface area contributed by atoms with E-state index in [9.17, 15) is 4.79 Å². The summed E-state index contributed by atoms with van der Waals surface area (Å²) in [6.07, 6.45) is 2.16. The number of hydrogen-bond donors (Lipinski definition) is 2. The van der Waals surface area contributed by atoms with Gasteiger partial charge in [0.05, 0.1) is 6.61 Å². The smallest absolute Gasteiger partial charge is 0.250 e. The van der Waals surface area contributed by atoms with Gasteiger partial charge in [-0.25, -0.2) is 0 Å². The quantitative estimate of drug-likeness (QED) is 0.706. The Bertz CT molecular complexity index is 243. The first-order valence-electron chi connectivity index (χ1n) is 5.74. The fourth-order valence-electron chi connectivity index (χ4n) is 2.04. The second kappa shape index (κ2) is 4.10. The molecule has 15 heavy (non-hydrogen) atoms. The zero-order valence-corrected chi connectivity index (χ0v) is 9.51. The fourth-order valence-corrected chi connectivity index (χ4v) is 2.04. The van der Waals surface area contributed by atoms with Gasteiger partial charge in [0.15, 0.2) is 0 Å². The molecule has 1 saturated heterocycles. The number of nitrogens with one attached hydrogen (secondary N) is 2. The number of amides is 1. The van der Waals surface area contributed by atoms with Crippen LogP contribution >= 0.6 is 0 Å². The molecule has 4 heteroatoms. The van der Waals surface area contributed by atoms with Crippen molar-refractivity contribution in [1.82, 2.24) is 10.6 Å². The van der Waals surface area contributed by atoms with E-state index in [-0.39, 0.29) is 17.6 Å². The lowest BCUT2D eigenvalue weighted by Crippen LogP contribution is -2.54. The van der Waals surface area contributed by atoms with Gasteiger partial charge in [0, 0.05) is 18.6 Å². The highest BCUT2D eigenvalue weighted by atomic mass is 16.5. The van der Waals surface area contributed by atoms with Crippen LogP contribution in [0.1, 0.15) is 26.7 Å². The third kappa shape index (κ3) is 2.69. The molecule has 2 N–H and O–H groups in total. The van der Waals surface area contributed by atoms with E-state index in [4.69, 9.17) is 4.74 Å². The Morgan fingerprint density at radius 3 is 2.73 bits per heavy atom. The molecule has 4 nitrogen and oxygen atoms in total. The van der Waals surface area contributed by atoms with Crippen LogP contribution in [0.2, 0.25) is 0 Å². The predicted octanol–water partition coefficient (Wildman–Crippen LogP) is 0.280. The number of morpholine rings is 1. The van der Waals surface area contributed by atoms with Gasteiger partial charge in [0.1, 0.15) is 6.10 Å². The Morgan fingerprint density at radius 2 is 2.20 bits per heavy atom. The summed E-state index contributed by atoms with van der Waals surface area (Å²) in [4.78, 5) is 11.9. The average molecular weight is 212 g/mol. The van der Waals surface area contributed by atoms with Crippen molar-refractivity contribution in [2.24, 2.45) is 5.92 Å². The number of hydrogen-bond acceptors (Lipinski definition) is 3. The maximum atomic E-state index is 11.9. The molecule has 1 saturated carbocycles. The second-order valence-electron chi connectivity index (χ2n) is 5.05. The molecule has 1 unspecified atom stereocenters. The van der Waals surface area contributed by atoms with Crippen molar-refractivity contribution in [3.8, 4) is 0 Å². The Morgan fingerprint density at radius 1 is 1.47 bits per heavy atom. The maximum Gasteiger partial charge on any atom is 0.250 e. The van der Waals surface area contributed by atoms with Crippen molar-refractivity contribution >= 4 is 5.91 Å². The molecule has 2 fully saturated rings. The van der Waals surface area contributed by atoms with Crippen molar-refractivity contribution in [3.63, 3.8) is 0 Å². The van der Waals surface area contributed by atoms with Gasteiger partial charge in [0.2, 0.25) is 0 Å². The van der Waals surface area contributed by atoms with E-state index in [0.29, 0.717) is 19.1 Å². The molecule has 86 valence electrons. The summed E-state index contributed by atoms with van der Waals surface area (Å²) < 4.78 is 5.41. The third-order valence-electron chi connectivity index (χ3n) is 3.26. The summed E-state index contributed by atoms with van der Waals surface area (Å²) in [5.74, 6) is 0.678. The standard InChI is InChI=1S/C11H20N2O2/c1-11(2,8-3-4-8)13-10(14)9-7-12-5-6-15-9/h8-9,12H,3-7H2,1-2H3,(H,13,14). The van der Waals surface area contributed by atoms with E-state index < -0.39 is 0 Å². The van der Waals surface area contributed by atoms with E-state index in [1.807, 2.05) is 0 Å². The van der Waals surface area contributed by atoms with Gasteiger partial charge in [-0.2, -0.15) is 0 Å². The highest BCUT2D eigenvalue weighted by Crippen LogP contribution is 2.39. The first-order chi connectivity index (χ1) is 7.09. The molecule has 0 bridgehead atoms. The van der Waals surface area contributed by atoms with E-state index in [2.05, 4.69) is 24.5 Å². The molecule has 0 aromatic rings. The van der Waals surface area contributed by atoms with Crippen LogP contribution in [0.5, 0.6) is 0 Å². The zero-order valence-electron chi connectivity index (χ0n) is 9.51. The molecule has 1 aliphatic carbocycles. The highest BCUT2D eigenvalue weighted by molar-refractivity contribution is 5.81. The minimum Gasteiger partial charge on any atom is -0.366 e. The lowest BCUT2D eigenvalue weighted by molar-refractivity contribution is -0.136. The minimum absolute atomic E-state index is 0.0269. The molecule has 1 aliphatic heterocycles. The van der Waals surface area contributed by atoms with E-state index in [1.165, 1.54) is 12.8 Å². The summed E-state index contributed by atoms with van der Waals surface area (Å²) >= 11 is 0. The van der Waals surface area contributed by atoms with Crippen LogP contribution in [0.4, 0.5) is 0 Å². The van der Waals surface area contributed by atoms with E-state index in [1.54, 1.807) is 0 Å². The first-order valence-corrected chi connectivity index (χ1v) is 5.74. The second-order valence-corrected chi connectivity index (χ2v) is 5.05. The average Bonchev–Trinajstić information content (AvgIpc) is 3.01. The molecule has 2 aliphatic rings. The molecule has 1 heterocycles. The van der Waals surface area contributed by atoms with Crippen LogP contribution in [0.25, 0.3) is 0 Å². The molecule has 0 spiro atoms. The molecule has 0 aromatic heterocycles. The van der Waals surface area contributed by atoms with Crippen LogP contribution < -0.4 is 10.6 Å². The number of carbonyl (C=O) groups is 1. The SMILES string of the molecule is CC(C)(NC(=O)C1CNCCO1)C1CC1. The Kier molecular flexibility index (Phi) is 2.98. The molecule has 2 rings (SSSR count). The Hall–Kier alpha value is -0.610.